The maximum Gasteiger partial charge on any atom is 1.00 e. The monoisotopic (exact) mass is 2160 g/mol. The van der Waals surface area contributed by atoms with Crippen LogP contribution >= 0.6 is 46.7 Å². The summed E-state index contributed by atoms with van der Waals surface area (Å²) in [6, 6.07) is 1.22. The zero-order valence-corrected chi connectivity index (χ0v) is 93.3. The first-order chi connectivity index (χ1) is 62.8. The second-order valence-corrected chi connectivity index (χ2v) is 40.5. The van der Waals surface area contributed by atoms with Gasteiger partial charge in [-0.15, -0.1) is 0 Å². The quantitative estimate of drug-likeness (QED) is 0.0132. The van der Waals surface area contributed by atoms with Gasteiger partial charge in [0.15, 0.2) is 51.5 Å². The molecule has 6 saturated heterocycles. The summed E-state index contributed by atoms with van der Waals surface area (Å²) in [5.41, 5.74) is 23.4. The Hall–Kier alpha value is -3.26. The first-order valence-corrected chi connectivity index (χ1v) is 49.0. The standard InChI is InChI=1S/C66H89N25O36P6.2CH4.6Na.2H2/c1-27(2)116-30-9-44(88-23-76-47-53(68)72-21-74-55(47)88)117-35(30)16-114-133(107,108)127-51-40(122-62(52(51)109-6)91-26-79-50-58(91)82-64(71)84-61(50)94)20-115-132(105,106)126-33-12-45(89-24-77-48-54(69)73-22-75-56(48)89)120-38(33)18-112-130(101,102)124-32-11-43(87-14-29(5)59(92)85-66(87)96)119-37(32)17-111-131(103,104)125-34-13-46(90-25-78-49-57(90)81-63(70)83-60(49)93)121-39(34)19-113-129(99,100)123-31-10-42(86-8-7-41(67)80-65(86)95)118-36(31)15-110-128(97,98)28(3)4;;;;;;;;;;/h7-8,14,21-28,30-40,42-46,51-52,62H,9-13,15-20H2,1-6H3,(H,97,98)(H,99,100)(H,101,102)(H,103,104)(H,105,106)(H,107,108)(H2,67,80,95)(H2,68,72,74)(H2,69,73,75)(H,85,92,96)(H3,70,81,83,93)(H3,71,82,84,94);2*1H4;;;;;;;2*1H/q;;;6*+1;;/p-6/i;;;;;;;;;2*1+1. The van der Waals surface area contributed by atoms with Crippen molar-refractivity contribution in [2.45, 2.75) is 210 Å². The summed E-state index contributed by atoms with van der Waals surface area (Å²) in [5, 5.41) is 0. The number of phosphoric ester groups is 5. The number of phosphoric acid groups is 5. The molecule has 16 rings (SSSR count). The fourth-order valence-corrected chi connectivity index (χ4v) is 20.9. The molecule has 6 fully saturated rings. The van der Waals surface area contributed by atoms with Gasteiger partial charge < -0.3 is 150 Å². The molecule has 10 aromatic rings. The molecule has 6 aliphatic rings. The topological polar surface area (TPSA) is 850 Å². The molecular weight excluding hydrogens is 2070 g/mol. The number of fused-ring (bicyclic) bond motifs is 4. The first-order valence-electron chi connectivity index (χ1n) is 40.1. The van der Waals surface area contributed by atoms with Crippen molar-refractivity contribution in [3.05, 3.63) is 114 Å². The molecule has 744 valence electrons. The van der Waals surface area contributed by atoms with Crippen molar-refractivity contribution in [1.82, 2.24) is 97.2 Å². The van der Waals surface area contributed by atoms with Crippen LogP contribution < -0.4 is 263 Å². The number of anilines is 5. The molecule has 61 nitrogen and oxygen atoms in total. The summed E-state index contributed by atoms with van der Waals surface area (Å²) >= 11 is 0. The molecule has 141 heavy (non-hydrogen) atoms. The second-order valence-electron chi connectivity index (χ2n) is 31.3. The molecule has 0 aromatic carbocycles. The Balaban J connectivity index is 0.00000313. The summed E-state index contributed by atoms with van der Waals surface area (Å²) in [5.74, 6) is -1.05. The van der Waals surface area contributed by atoms with Gasteiger partial charge in [0, 0.05) is 65.7 Å². The Morgan fingerprint density at radius 2 is 0.780 bits per heavy atom. The minimum atomic E-state index is -5.99. The zero-order valence-electron chi connectivity index (χ0n) is 76.0. The number of nitrogens with zero attached hydrogens (tertiary/aromatic N) is 17. The van der Waals surface area contributed by atoms with Gasteiger partial charge in [-0.2, -0.15) is 15.0 Å². The van der Waals surface area contributed by atoms with Crippen molar-refractivity contribution in [3.63, 3.8) is 0 Å². The molecule has 25 unspecified atom stereocenters. The van der Waals surface area contributed by atoms with Gasteiger partial charge in [0.05, 0.1) is 102 Å². The van der Waals surface area contributed by atoms with E-state index in [2.05, 4.69) is 69.8 Å². The average molecular weight is 2160 g/mol. The summed E-state index contributed by atoms with van der Waals surface area (Å²) in [6.45, 7) is 0.863. The minimum Gasteiger partial charge on any atom is -0.778 e. The molecule has 25 atom stereocenters. The van der Waals surface area contributed by atoms with Gasteiger partial charge in [-0.3, -0.25) is 79.6 Å². The number of imidazole rings is 4. The predicted octanol–water partition coefficient (Wildman–Crippen LogP) is -19.8. The number of nitrogens with two attached hydrogens (primary N) is 5. The number of aryl methyl sites for hydroxylation is 1. The van der Waals surface area contributed by atoms with Crippen LogP contribution in [0.5, 0.6) is 0 Å². The third-order valence-corrected chi connectivity index (χ3v) is 28.5. The second kappa shape index (κ2) is 50.3. The van der Waals surface area contributed by atoms with Gasteiger partial charge in [0.1, 0.15) is 117 Å². The molecule has 0 spiro atoms. The Kier molecular flexibility index (Phi) is 43.9. The number of nitrogen functional groups attached to an aromatic ring is 5. The molecular formula is C68H95N25Na6O36P6. The molecule has 0 aliphatic carbocycles. The molecule has 0 saturated carbocycles. The van der Waals surface area contributed by atoms with Gasteiger partial charge in [-0.25, -0.2) is 49.5 Å². The predicted molar refractivity (Wildman–Crippen MR) is 449 cm³/mol. The van der Waals surface area contributed by atoms with E-state index in [0.717, 1.165) is 50.6 Å². The van der Waals surface area contributed by atoms with E-state index >= 15 is 0 Å². The van der Waals surface area contributed by atoms with Gasteiger partial charge in [-0.1, -0.05) is 28.7 Å². The number of aromatic amines is 3. The van der Waals surface area contributed by atoms with Crippen molar-refractivity contribution in [2.75, 3.05) is 75.4 Å². The van der Waals surface area contributed by atoms with E-state index in [0.29, 0.717) is 0 Å². The van der Waals surface area contributed by atoms with Crippen LogP contribution in [0.1, 0.15) is 120 Å². The van der Waals surface area contributed by atoms with E-state index in [1.165, 1.54) is 56.6 Å². The molecule has 0 bridgehead atoms. The number of nitrogens with one attached hydrogen (secondary N) is 3. The van der Waals surface area contributed by atoms with Crippen LogP contribution in [0.2, 0.25) is 0 Å². The van der Waals surface area contributed by atoms with Crippen LogP contribution in [0.4, 0.5) is 29.4 Å². The third kappa shape index (κ3) is 28.6. The van der Waals surface area contributed by atoms with Gasteiger partial charge in [0.2, 0.25) is 11.9 Å². The number of aromatic nitrogens is 20. The Morgan fingerprint density at radius 1 is 0.426 bits per heavy atom. The van der Waals surface area contributed by atoms with E-state index in [1.54, 1.807) is 18.4 Å². The van der Waals surface area contributed by atoms with Gasteiger partial charge in [-0.05, 0) is 26.8 Å². The maximum atomic E-state index is 14.6. The molecule has 10 aromatic heterocycles. The number of H-pyrrole nitrogens is 3. The molecule has 73 heteroatoms. The Bertz CT molecular complexity index is 6690. The minimum absolute atomic E-state index is 0. The summed E-state index contributed by atoms with van der Waals surface area (Å²) < 4.78 is 200. The molecule has 6 aliphatic heterocycles. The Morgan fingerprint density at radius 3 is 1.18 bits per heavy atom. The van der Waals surface area contributed by atoms with Crippen molar-refractivity contribution in [1.29, 1.82) is 0 Å². The maximum absolute atomic E-state index is 14.6. The third-order valence-electron chi connectivity index (χ3n) is 21.7. The van der Waals surface area contributed by atoms with Crippen molar-refractivity contribution in [3.8, 4) is 0 Å². The van der Waals surface area contributed by atoms with Crippen LogP contribution in [0.25, 0.3) is 44.7 Å². The smallest absolute Gasteiger partial charge is 0.778 e. The molecule has 0 amide bonds. The summed E-state index contributed by atoms with van der Waals surface area (Å²) in [6.07, 6.45) is -23.9. The fraction of sp³-hybridized carbons (Fsp3) is 0.588. The normalized spacial score (nSPS) is 27.5. The zero-order chi connectivity index (χ0) is 95.0. The van der Waals surface area contributed by atoms with Crippen molar-refractivity contribution >= 4 is 121 Å². The first kappa shape index (κ1) is 123. The van der Waals surface area contributed by atoms with E-state index < -0.39 is 280 Å². The van der Waals surface area contributed by atoms with E-state index in [-0.39, 0.29) is 269 Å². The SMILES string of the molecule is C.C.COC1C(OP(=O)([O-])OCC2OC(n3cnc4c(N)ncnc43)CC2OC(C)C)C(COP(=O)([O-])OC2CC(n3cnc4c(N)ncnc43)OC2COP(=O)([O-])OC2CC(n3cc(C)c(=O)[nH]c3=O)OC2COP(=O)([O-])OC2CC(n3cnc4c(=O)[nH]c(N)nc43)OC2COP(=O)([O-])OC2CC(n3ccc(N)nc3=O)OC2COP(=O)([O-])C(C)C)OC1n1cnc2c(=O)[nH]c(N)nc21.[2HH].[2HH].[Na+].[Na+].[Na+].[Na+].[Na+].[Na+]. The summed E-state index contributed by atoms with van der Waals surface area (Å²) in [7, 11) is -32.8. The number of ether oxygens (including phenoxy) is 8. The number of rotatable bonds is 38. The number of hydrogen-bond acceptors (Lipinski definition) is 52. The van der Waals surface area contributed by atoms with Crippen molar-refractivity contribution < 1.29 is 325 Å². The molecule has 16 heterocycles. The van der Waals surface area contributed by atoms with Crippen LogP contribution in [0, 0.1) is 6.92 Å². The Labute approximate surface area is 932 Å². The van der Waals surface area contributed by atoms with Crippen molar-refractivity contribution in [2.24, 2.45) is 0 Å². The van der Waals surface area contributed by atoms with Crippen LogP contribution in [0.15, 0.2) is 80.4 Å². The van der Waals surface area contributed by atoms with E-state index in [4.69, 9.17) is 116 Å². The van der Waals surface area contributed by atoms with E-state index in [1.807, 2.05) is 0 Å². The van der Waals surface area contributed by atoms with Gasteiger partial charge in [0.25, 0.3) is 55.8 Å². The largest absolute Gasteiger partial charge is 1.00 e. The number of methoxy groups -OCH3 is 1. The van der Waals surface area contributed by atoms with E-state index in [9.17, 15) is 80.7 Å². The number of hydrogen-bond donors (Lipinski definition) is 8. The van der Waals surface area contributed by atoms with Crippen LogP contribution in [-0.2, 0) is 115 Å². The fourth-order valence-electron chi connectivity index (χ4n) is 15.5. The average Bonchev–Trinajstić information content (AvgIpc) is 1.60. The van der Waals surface area contributed by atoms with Gasteiger partial charge >= 0.3 is 189 Å². The van der Waals surface area contributed by atoms with Crippen LogP contribution in [0.3, 0.4) is 0 Å². The molecule has 13 N–H and O–H groups in total. The summed E-state index contributed by atoms with van der Waals surface area (Å²) in [4.78, 5) is 201. The van der Waals surface area contributed by atoms with Crippen LogP contribution in [-0.4, -0.2) is 235 Å². The molecule has 0 radical (unpaired) electrons.